The van der Waals surface area contributed by atoms with Crippen LogP contribution in [0.3, 0.4) is 0 Å². The molecule has 0 aliphatic carbocycles. The van der Waals surface area contributed by atoms with E-state index in [0.717, 1.165) is 0 Å². The Balaban J connectivity index is 2.74. The highest BCUT2D eigenvalue weighted by Crippen LogP contribution is 2.08. The van der Waals surface area contributed by atoms with Crippen LogP contribution in [0.2, 0.25) is 0 Å². The van der Waals surface area contributed by atoms with Gasteiger partial charge < -0.3 is 25.9 Å². The minimum Gasteiger partial charge on any atom is -0.480 e. The van der Waals surface area contributed by atoms with Crippen molar-refractivity contribution in [3.8, 4) is 0 Å². The molecule has 8 heteroatoms. The third-order valence-electron chi connectivity index (χ3n) is 3.84. The number of nitrogens with one attached hydrogen (secondary N) is 2. The molecule has 1 rings (SSSR count). The third kappa shape index (κ3) is 9.05. The van der Waals surface area contributed by atoms with E-state index >= 15 is 0 Å². The summed E-state index contributed by atoms with van der Waals surface area (Å²) in [6.45, 7) is 4.23. The summed E-state index contributed by atoms with van der Waals surface area (Å²) in [7, 11) is 0. The standard InChI is InChI=1S/C19H29N3O5/c1-13(2)12-16(19(25)26)22-18(24)15(7-3-4-10-20)21-17(23)9-8-14-6-5-11-27-14/h5-6,8-9,11,13,15-16H,3-4,7,10,12,20H2,1-2H3,(H,21,23)(H,22,24)(H,25,26)/b9-8-/t15-,16+/m1/s1. The number of carboxylic acids is 1. The second-order valence-electron chi connectivity index (χ2n) is 6.72. The quantitative estimate of drug-likeness (QED) is 0.321. The summed E-state index contributed by atoms with van der Waals surface area (Å²) in [5, 5.41) is 14.4. The molecule has 0 unspecified atom stereocenters. The number of aliphatic carboxylic acids is 1. The van der Waals surface area contributed by atoms with Crippen molar-refractivity contribution in [1.82, 2.24) is 10.6 Å². The van der Waals surface area contributed by atoms with E-state index in [0.29, 0.717) is 38.0 Å². The van der Waals surface area contributed by atoms with E-state index < -0.39 is 29.9 Å². The van der Waals surface area contributed by atoms with E-state index in [9.17, 15) is 19.5 Å². The molecule has 1 aromatic rings. The van der Waals surface area contributed by atoms with Crippen molar-refractivity contribution in [1.29, 1.82) is 0 Å². The number of amides is 2. The van der Waals surface area contributed by atoms with E-state index in [4.69, 9.17) is 10.2 Å². The molecule has 1 heterocycles. The zero-order valence-electron chi connectivity index (χ0n) is 15.8. The number of nitrogens with two attached hydrogens (primary N) is 1. The highest BCUT2D eigenvalue weighted by molar-refractivity contribution is 5.96. The molecule has 150 valence electrons. The van der Waals surface area contributed by atoms with Crippen LogP contribution in [0, 0.1) is 5.92 Å². The topological polar surface area (TPSA) is 135 Å². The summed E-state index contributed by atoms with van der Waals surface area (Å²) in [6, 6.07) is 1.56. The molecular formula is C19H29N3O5. The number of rotatable bonds is 12. The van der Waals surface area contributed by atoms with E-state index in [-0.39, 0.29) is 5.92 Å². The lowest BCUT2D eigenvalue weighted by molar-refractivity contribution is -0.142. The molecule has 0 fully saturated rings. The molecule has 0 saturated heterocycles. The van der Waals surface area contributed by atoms with Gasteiger partial charge in [-0.1, -0.05) is 13.8 Å². The van der Waals surface area contributed by atoms with Crippen LogP contribution in [-0.2, 0) is 14.4 Å². The normalized spacial score (nSPS) is 13.5. The van der Waals surface area contributed by atoms with Gasteiger partial charge >= 0.3 is 5.97 Å². The summed E-state index contributed by atoms with van der Waals surface area (Å²) in [5.74, 6) is -1.46. The molecule has 8 nitrogen and oxygen atoms in total. The number of hydrogen-bond acceptors (Lipinski definition) is 5. The van der Waals surface area contributed by atoms with Crippen LogP contribution in [-0.4, -0.2) is 41.5 Å². The maximum atomic E-state index is 12.5. The monoisotopic (exact) mass is 379 g/mol. The SMILES string of the molecule is CC(C)C[C@H](NC(=O)[C@@H](CCCCN)NC(=O)/C=C\c1ccco1)C(=O)O. The van der Waals surface area contributed by atoms with Crippen molar-refractivity contribution in [2.45, 2.75) is 51.6 Å². The van der Waals surface area contributed by atoms with Crippen molar-refractivity contribution in [3.63, 3.8) is 0 Å². The Morgan fingerprint density at radius 1 is 1.22 bits per heavy atom. The van der Waals surface area contributed by atoms with Gasteiger partial charge in [0.1, 0.15) is 17.8 Å². The Morgan fingerprint density at radius 2 is 1.96 bits per heavy atom. The predicted molar refractivity (Wildman–Crippen MR) is 102 cm³/mol. The van der Waals surface area contributed by atoms with Crippen molar-refractivity contribution in [3.05, 3.63) is 30.2 Å². The molecule has 0 saturated carbocycles. The molecule has 27 heavy (non-hydrogen) atoms. The Bertz CT molecular complexity index is 625. The maximum absolute atomic E-state index is 12.5. The van der Waals surface area contributed by atoms with Crippen LogP contribution in [0.25, 0.3) is 6.08 Å². The highest BCUT2D eigenvalue weighted by atomic mass is 16.4. The van der Waals surface area contributed by atoms with Crippen molar-refractivity contribution >= 4 is 23.9 Å². The number of hydrogen-bond donors (Lipinski definition) is 4. The molecule has 0 spiro atoms. The minimum atomic E-state index is -1.10. The van der Waals surface area contributed by atoms with Gasteiger partial charge in [0.15, 0.2) is 0 Å². The van der Waals surface area contributed by atoms with E-state index in [1.54, 1.807) is 12.1 Å². The first kappa shape index (κ1) is 22.4. The zero-order valence-corrected chi connectivity index (χ0v) is 15.8. The highest BCUT2D eigenvalue weighted by Gasteiger charge is 2.26. The zero-order chi connectivity index (χ0) is 20.2. The first-order valence-corrected chi connectivity index (χ1v) is 9.08. The minimum absolute atomic E-state index is 0.105. The second-order valence-corrected chi connectivity index (χ2v) is 6.72. The number of carbonyl (C=O) groups is 3. The number of carbonyl (C=O) groups excluding carboxylic acids is 2. The summed E-state index contributed by atoms with van der Waals surface area (Å²) in [5.41, 5.74) is 5.48. The fraction of sp³-hybridized carbons (Fsp3) is 0.526. The first-order valence-electron chi connectivity index (χ1n) is 9.08. The molecule has 0 bridgehead atoms. The summed E-state index contributed by atoms with van der Waals surface area (Å²) >= 11 is 0. The van der Waals surface area contributed by atoms with Gasteiger partial charge in [0, 0.05) is 6.08 Å². The third-order valence-corrected chi connectivity index (χ3v) is 3.84. The maximum Gasteiger partial charge on any atom is 0.326 e. The summed E-state index contributed by atoms with van der Waals surface area (Å²) < 4.78 is 5.11. The van der Waals surface area contributed by atoms with Crippen LogP contribution in [0.1, 0.15) is 45.3 Å². The molecule has 0 aliphatic rings. The van der Waals surface area contributed by atoms with Crippen molar-refractivity contribution in [2.75, 3.05) is 6.54 Å². The first-order chi connectivity index (χ1) is 12.8. The smallest absolute Gasteiger partial charge is 0.326 e. The molecule has 0 aromatic carbocycles. The van der Waals surface area contributed by atoms with Crippen LogP contribution in [0.4, 0.5) is 0 Å². The van der Waals surface area contributed by atoms with E-state index in [1.807, 2.05) is 13.8 Å². The Kier molecular flexibility index (Phi) is 9.89. The Hall–Kier alpha value is -2.61. The fourth-order valence-electron chi connectivity index (χ4n) is 2.49. The van der Waals surface area contributed by atoms with Crippen LogP contribution in [0.15, 0.2) is 28.9 Å². The molecule has 1 aromatic heterocycles. The van der Waals surface area contributed by atoms with Gasteiger partial charge in [-0.2, -0.15) is 0 Å². The lowest BCUT2D eigenvalue weighted by Crippen LogP contribution is -2.51. The molecule has 2 atom stereocenters. The number of carboxylic acid groups (broad SMARTS) is 1. The van der Waals surface area contributed by atoms with E-state index in [1.165, 1.54) is 18.4 Å². The Labute approximate surface area is 159 Å². The number of unbranched alkanes of at least 4 members (excludes halogenated alkanes) is 1. The Morgan fingerprint density at radius 3 is 2.52 bits per heavy atom. The van der Waals surface area contributed by atoms with Crippen molar-refractivity contribution < 1.29 is 23.9 Å². The molecule has 0 aliphatic heterocycles. The molecule has 5 N–H and O–H groups in total. The largest absolute Gasteiger partial charge is 0.480 e. The van der Waals surface area contributed by atoms with Crippen LogP contribution < -0.4 is 16.4 Å². The summed E-state index contributed by atoms with van der Waals surface area (Å²) in [6.07, 6.45) is 6.27. The fourth-order valence-corrected chi connectivity index (χ4v) is 2.49. The van der Waals surface area contributed by atoms with Gasteiger partial charge in [-0.3, -0.25) is 9.59 Å². The van der Waals surface area contributed by atoms with Gasteiger partial charge in [-0.15, -0.1) is 0 Å². The molecule has 2 amide bonds. The van der Waals surface area contributed by atoms with Crippen molar-refractivity contribution in [2.24, 2.45) is 11.7 Å². The van der Waals surface area contributed by atoms with Gasteiger partial charge in [0.05, 0.1) is 6.26 Å². The number of furan rings is 1. The van der Waals surface area contributed by atoms with Crippen LogP contribution in [0.5, 0.6) is 0 Å². The van der Waals surface area contributed by atoms with Gasteiger partial charge in [-0.05, 0) is 56.4 Å². The van der Waals surface area contributed by atoms with Crippen LogP contribution >= 0.6 is 0 Å². The van der Waals surface area contributed by atoms with E-state index in [2.05, 4.69) is 10.6 Å². The lowest BCUT2D eigenvalue weighted by Gasteiger charge is -2.22. The molecular weight excluding hydrogens is 350 g/mol. The van der Waals surface area contributed by atoms with Gasteiger partial charge in [-0.25, -0.2) is 4.79 Å². The van der Waals surface area contributed by atoms with Gasteiger partial charge in [0.25, 0.3) is 0 Å². The summed E-state index contributed by atoms with van der Waals surface area (Å²) in [4.78, 5) is 36.0. The second kappa shape index (κ2) is 11.9. The average molecular weight is 379 g/mol. The molecule has 0 radical (unpaired) electrons. The average Bonchev–Trinajstić information content (AvgIpc) is 3.11. The predicted octanol–water partition coefficient (Wildman–Crippen LogP) is 1.52. The lowest BCUT2D eigenvalue weighted by atomic mass is 10.0. The van der Waals surface area contributed by atoms with Gasteiger partial charge in [0.2, 0.25) is 11.8 Å².